The highest BCUT2D eigenvalue weighted by Crippen LogP contribution is 2.05. The molecule has 96 valence electrons. The normalized spacial score (nSPS) is 10.7. The summed E-state index contributed by atoms with van der Waals surface area (Å²) >= 11 is 0. The Morgan fingerprint density at radius 3 is 2.59 bits per heavy atom. The average molecular weight is 234 g/mol. The maximum absolute atomic E-state index is 5.62. The lowest BCUT2D eigenvalue weighted by atomic mass is 10.1. The van der Waals surface area contributed by atoms with Crippen LogP contribution in [0.2, 0.25) is 0 Å². The Hall–Kier alpha value is -0.860. The highest BCUT2D eigenvalue weighted by molar-refractivity contribution is 5.23. The van der Waals surface area contributed by atoms with Gasteiger partial charge in [0.15, 0.2) is 0 Å². The molecule has 1 rings (SSSR count). The monoisotopic (exact) mass is 234 g/mol. The van der Waals surface area contributed by atoms with E-state index in [4.69, 9.17) is 5.73 Å². The minimum atomic E-state index is 0.630. The molecule has 17 heavy (non-hydrogen) atoms. The van der Waals surface area contributed by atoms with Gasteiger partial charge in [-0.3, -0.25) is 0 Å². The summed E-state index contributed by atoms with van der Waals surface area (Å²) in [7, 11) is 0. The van der Waals surface area contributed by atoms with Crippen molar-refractivity contribution in [3.05, 3.63) is 35.4 Å². The molecule has 0 aliphatic carbocycles. The van der Waals surface area contributed by atoms with Gasteiger partial charge in [-0.05, 0) is 24.1 Å². The Morgan fingerprint density at radius 1 is 1.06 bits per heavy atom. The van der Waals surface area contributed by atoms with Crippen molar-refractivity contribution in [3.63, 3.8) is 0 Å². The SMILES string of the molecule is CCCCCCCNCc1cccc(CN)c1. The summed E-state index contributed by atoms with van der Waals surface area (Å²) < 4.78 is 0. The maximum Gasteiger partial charge on any atom is 0.0205 e. The predicted octanol–water partition coefficient (Wildman–Crippen LogP) is 3.21. The number of hydrogen-bond donors (Lipinski definition) is 2. The molecule has 0 aliphatic rings. The first-order valence-corrected chi connectivity index (χ1v) is 6.85. The van der Waals surface area contributed by atoms with Gasteiger partial charge in [0, 0.05) is 13.1 Å². The van der Waals surface area contributed by atoms with Crippen molar-refractivity contribution in [2.75, 3.05) is 6.54 Å². The Kier molecular flexibility index (Phi) is 7.69. The van der Waals surface area contributed by atoms with E-state index >= 15 is 0 Å². The van der Waals surface area contributed by atoms with Crippen LogP contribution in [-0.2, 0) is 13.1 Å². The largest absolute Gasteiger partial charge is 0.326 e. The average Bonchev–Trinajstić information content (AvgIpc) is 2.38. The molecule has 0 aromatic heterocycles. The molecule has 0 radical (unpaired) electrons. The number of nitrogens with one attached hydrogen (secondary N) is 1. The summed E-state index contributed by atoms with van der Waals surface area (Å²) in [5, 5.41) is 3.49. The molecule has 0 bridgehead atoms. The summed E-state index contributed by atoms with van der Waals surface area (Å²) in [6.45, 7) is 4.96. The number of rotatable bonds is 9. The second-order valence-electron chi connectivity index (χ2n) is 4.62. The van der Waals surface area contributed by atoms with Gasteiger partial charge < -0.3 is 11.1 Å². The summed E-state index contributed by atoms with van der Waals surface area (Å²) in [5.41, 5.74) is 8.17. The summed E-state index contributed by atoms with van der Waals surface area (Å²) in [6.07, 6.45) is 6.71. The highest BCUT2D eigenvalue weighted by atomic mass is 14.8. The van der Waals surface area contributed by atoms with Crippen molar-refractivity contribution in [1.29, 1.82) is 0 Å². The Balaban J connectivity index is 2.09. The molecule has 0 saturated heterocycles. The smallest absolute Gasteiger partial charge is 0.0205 e. The quantitative estimate of drug-likeness (QED) is 0.644. The summed E-state index contributed by atoms with van der Waals surface area (Å²) in [5.74, 6) is 0. The van der Waals surface area contributed by atoms with Gasteiger partial charge in [-0.1, -0.05) is 56.9 Å². The third-order valence-electron chi connectivity index (χ3n) is 3.01. The van der Waals surface area contributed by atoms with Crippen LogP contribution in [0, 0.1) is 0 Å². The third kappa shape index (κ3) is 6.44. The van der Waals surface area contributed by atoms with Gasteiger partial charge in [0.1, 0.15) is 0 Å². The minimum absolute atomic E-state index is 0.630. The zero-order valence-corrected chi connectivity index (χ0v) is 11.0. The van der Waals surface area contributed by atoms with Crippen molar-refractivity contribution in [2.45, 2.75) is 52.1 Å². The van der Waals surface area contributed by atoms with Gasteiger partial charge in [-0.15, -0.1) is 0 Å². The van der Waals surface area contributed by atoms with E-state index in [0.29, 0.717) is 6.54 Å². The van der Waals surface area contributed by atoms with E-state index in [2.05, 4.69) is 36.5 Å². The molecule has 0 amide bonds. The minimum Gasteiger partial charge on any atom is -0.326 e. The van der Waals surface area contributed by atoms with Crippen molar-refractivity contribution >= 4 is 0 Å². The molecule has 0 fully saturated rings. The zero-order valence-electron chi connectivity index (χ0n) is 11.0. The van der Waals surface area contributed by atoms with E-state index in [1.807, 2.05) is 0 Å². The standard InChI is InChI=1S/C15H26N2/c1-2-3-4-5-6-10-17-13-15-9-7-8-14(11-15)12-16/h7-9,11,17H,2-6,10,12-13,16H2,1H3. The summed E-state index contributed by atoms with van der Waals surface area (Å²) in [6, 6.07) is 8.50. The van der Waals surface area contributed by atoms with Crippen molar-refractivity contribution in [1.82, 2.24) is 5.32 Å². The first-order chi connectivity index (χ1) is 8.36. The second kappa shape index (κ2) is 9.20. The topological polar surface area (TPSA) is 38.0 Å². The molecular formula is C15H26N2. The number of unbranched alkanes of at least 4 members (excludes halogenated alkanes) is 4. The van der Waals surface area contributed by atoms with Gasteiger partial charge in [0.25, 0.3) is 0 Å². The molecule has 0 aliphatic heterocycles. The van der Waals surface area contributed by atoms with E-state index < -0.39 is 0 Å². The van der Waals surface area contributed by atoms with Crippen LogP contribution < -0.4 is 11.1 Å². The lowest BCUT2D eigenvalue weighted by molar-refractivity contribution is 0.583. The molecule has 2 heteroatoms. The van der Waals surface area contributed by atoms with Gasteiger partial charge in [0.05, 0.1) is 0 Å². The molecule has 0 atom stereocenters. The van der Waals surface area contributed by atoms with Crippen molar-refractivity contribution < 1.29 is 0 Å². The van der Waals surface area contributed by atoms with Crippen molar-refractivity contribution in [2.24, 2.45) is 5.73 Å². The Bertz CT molecular complexity index is 297. The molecule has 0 heterocycles. The van der Waals surface area contributed by atoms with E-state index in [0.717, 1.165) is 13.1 Å². The van der Waals surface area contributed by atoms with Crippen LogP contribution in [0.15, 0.2) is 24.3 Å². The van der Waals surface area contributed by atoms with Crippen LogP contribution in [0.1, 0.15) is 50.2 Å². The molecule has 0 unspecified atom stereocenters. The summed E-state index contributed by atoms with van der Waals surface area (Å²) in [4.78, 5) is 0. The van der Waals surface area contributed by atoms with E-state index in [1.54, 1.807) is 0 Å². The molecule has 1 aromatic rings. The second-order valence-corrected chi connectivity index (χ2v) is 4.62. The van der Waals surface area contributed by atoms with Crippen LogP contribution in [0.4, 0.5) is 0 Å². The lowest BCUT2D eigenvalue weighted by Crippen LogP contribution is -2.14. The highest BCUT2D eigenvalue weighted by Gasteiger charge is 1.94. The number of benzene rings is 1. The van der Waals surface area contributed by atoms with Crippen LogP contribution in [-0.4, -0.2) is 6.54 Å². The van der Waals surface area contributed by atoms with Gasteiger partial charge in [-0.25, -0.2) is 0 Å². The Morgan fingerprint density at radius 2 is 1.82 bits per heavy atom. The maximum atomic E-state index is 5.62. The third-order valence-corrected chi connectivity index (χ3v) is 3.01. The van der Waals surface area contributed by atoms with Crippen LogP contribution in [0.3, 0.4) is 0 Å². The van der Waals surface area contributed by atoms with E-state index in [1.165, 1.54) is 43.2 Å². The van der Waals surface area contributed by atoms with Crippen molar-refractivity contribution in [3.8, 4) is 0 Å². The van der Waals surface area contributed by atoms with Gasteiger partial charge in [0.2, 0.25) is 0 Å². The Labute approximate surface area is 106 Å². The number of nitrogens with two attached hydrogens (primary N) is 1. The van der Waals surface area contributed by atoms with Gasteiger partial charge >= 0.3 is 0 Å². The first kappa shape index (κ1) is 14.2. The van der Waals surface area contributed by atoms with Crippen LogP contribution >= 0.6 is 0 Å². The van der Waals surface area contributed by atoms with Crippen LogP contribution in [0.25, 0.3) is 0 Å². The fourth-order valence-electron chi connectivity index (χ4n) is 1.95. The lowest BCUT2D eigenvalue weighted by Gasteiger charge is -2.06. The molecule has 3 N–H and O–H groups in total. The zero-order chi connectivity index (χ0) is 12.3. The first-order valence-electron chi connectivity index (χ1n) is 6.85. The molecule has 1 aromatic carbocycles. The molecule has 0 spiro atoms. The fraction of sp³-hybridized carbons (Fsp3) is 0.600. The van der Waals surface area contributed by atoms with E-state index in [9.17, 15) is 0 Å². The predicted molar refractivity (Wildman–Crippen MR) is 74.8 cm³/mol. The van der Waals surface area contributed by atoms with Crippen LogP contribution in [0.5, 0.6) is 0 Å². The van der Waals surface area contributed by atoms with Gasteiger partial charge in [-0.2, -0.15) is 0 Å². The molecular weight excluding hydrogens is 208 g/mol. The molecule has 2 nitrogen and oxygen atoms in total. The van der Waals surface area contributed by atoms with E-state index in [-0.39, 0.29) is 0 Å². The number of hydrogen-bond acceptors (Lipinski definition) is 2. The fourth-order valence-corrected chi connectivity index (χ4v) is 1.95. The molecule has 0 saturated carbocycles.